The highest BCUT2D eigenvalue weighted by Gasteiger charge is 2.30. The number of aromatic nitrogens is 2. The summed E-state index contributed by atoms with van der Waals surface area (Å²) in [6.07, 6.45) is 3.30. The van der Waals surface area contributed by atoms with E-state index < -0.39 is 11.7 Å². The monoisotopic (exact) mass is 547 g/mol. The maximum Gasteiger partial charge on any atom is 0.416 e. The minimum atomic E-state index is -4.37. The Hall–Kier alpha value is -4.04. The summed E-state index contributed by atoms with van der Waals surface area (Å²) in [4.78, 5) is 7.03. The Morgan fingerprint density at radius 2 is 1.77 bits per heavy atom. The number of alkyl halides is 3. The van der Waals surface area contributed by atoms with Gasteiger partial charge in [0.2, 0.25) is 6.79 Å². The fourth-order valence-electron chi connectivity index (χ4n) is 4.79. The SMILES string of the molecule is CCCCn1c(CN(C/C=C\c2cccc(C(F)(F)F)c2)Cc2ccc3c(c2)OCO3)cnc1-c1ccccc1. The fourth-order valence-corrected chi connectivity index (χ4v) is 4.79. The number of fused-ring (bicyclic) bond motifs is 1. The Balaban J connectivity index is 1.41. The van der Waals surface area contributed by atoms with Crippen molar-refractivity contribution in [2.24, 2.45) is 0 Å². The Kier molecular flexibility index (Phi) is 8.55. The van der Waals surface area contributed by atoms with Crippen LogP contribution in [0.15, 0.2) is 85.1 Å². The van der Waals surface area contributed by atoms with Crippen molar-refractivity contribution in [1.29, 1.82) is 0 Å². The molecule has 0 fully saturated rings. The molecule has 0 spiro atoms. The van der Waals surface area contributed by atoms with Crippen LogP contribution >= 0.6 is 0 Å². The average molecular weight is 548 g/mol. The number of hydrogen-bond donors (Lipinski definition) is 0. The minimum absolute atomic E-state index is 0.209. The molecule has 1 aromatic heterocycles. The van der Waals surface area contributed by atoms with Gasteiger partial charge in [0.1, 0.15) is 5.82 Å². The van der Waals surface area contributed by atoms with Crippen LogP contribution in [0.1, 0.15) is 42.1 Å². The molecule has 5 rings (SSSR count). The van der Waals surface area contributed by atoms with Gasteiger partial charge in [-0.05, 0) is 41.8 Å². The van der Waals surface area contributed by atoms with Crippen LogP contribution in [-0.4, -0.2) is 27.8 Å². The van der Waals surface area contributed by atoms with Crippen molar-refractivity contribution in [2.75, 3.05) is 13.3 Å². The topological polar surface area (TPSA) is 39.5 Å². The molecule has 208 valence electrons. The van der Waals surface area contributed by atoms with Crippen LogP contribution in [0, 0.1) is 0 Å². The molecule has 0 saturated carbocycles. The average Bonchev–Trinajstić information content (AvgIpc) is 3.58. The normalized spacial score (nSPS) is 13.0. The first-order valence-corrected chi connectivity index (χ1v) is 13.4. The molecule has 3 aromatic carbocycles. The van der Waals surface area contributed by atoms with Gasteiger partial charge >= 0.3 is 6.18 Å². The van der Waals surface area contributed by atoms with Crippen molar-refractivity contribution in [2.45, 2.75) is 45.6 Å². The van der Waals surface area contributed by atoms with E-state index in [9.17, 15) is 13.2 Å². The van der Waals surface area contributed by atoms with Crippen LogP contribution in [0.25, 0.3) is 17.5 Å². The highest BCUT2D eigenvalue weighted by molar-refractivity contribution is 5.56. The number of halogens is 3. The van der Waals surface area contributed by atoms with Crippen LogP contribution in [-0.2, 0) is 25.8 Å². The van der Waals surface area contributed by atoms with Crippen LogP contribution in [0.2, 0.25) is 0 Å². The van der Waals surface area contributed by atoms with Gasteiger partial charge in [-0.1, -0.05) is 74.0 Å². The molecule has 0 atom stereocenters. The molecule has 0 unspecified atom stereocenters. The maximum absolute atomic E-state index is 13.2. The number of ether oxygens (including phenoxy) is 2. The van der Waals surface area contributed by atoms with Crippen LogP contribution in [0.5, 0.6) is 11.5 Å². The first-order chi connectivity index (χ1) is 19.4. The molecule has 40 heavy (non-hydrogen) atoms. The number of benzene rings is 3. The number of hydrogen-bond acceptors (Lipinski definition) is 4. The van der Waals surface area contributed by atoms with Gasteiger partial charge in [-0.2, -0.15) is 13.2 Å². The van der Waals surface area contributed by atoms with Gasteiger partial charge in [0.15, 0.2) is 11.5 Å². The molecule has 0 aliphatic carbocycles. The number of rotatable bonds is 11. The Morgan fingerprint density at radius 1 is 0.950 bits per heavy atom. The molecule has 4 aromatic rings. The zero-order chi connectivity index (χ0) is 28.0. The molecule has 0 bridgehead atoms. The van der Waals surface area contributed by atoms with Crippen molar-refractivity contribution in [1.82, 2.24) is 14.5 Å². The smallest absolute Gasteiger partial charge is 0.416 e. The molecule has 5 nitrogen and oxygen atoms in total. The zero-order valence-electron chi connectivity index (χ0n) is 22.4. The summed E-state index contributed by atoms with van der Waals surface area (Å²) in [6.45, 7) is 5.00. The van der Waals surface area contributed by atoms with Gasteiger partial charge in [-0.25, -0.2) is 4.98 Å². The third-order valence-electron chi connectivity index (χ3n) is 6.82. The lowest BCUT2D eigenvalue weighted by molar-refractivity contribution is -0.137. The van der Waals surface area contributed by atoms with Gasteiger partial charge in [-0.15, -0.1) is 0 Å². The molecule has 1 aliphatic rings. The lowest BCUT2D eigenvalue weighted by atomic mass is 10.1. The van der Waals surface area contributed by atoms with E-state index >= 15 is 0 Å². The van der Waals surface area contributed by atoms with Gasteiger partial charge in [-0.3, -0.25) is 4.90 Å². The summed E-state index contributed by atoms with van der Waals surface area (Å²) in [6, 6.07) is 21.4. The highest BCUT2D eigenvalue weighted by atomic mass is 19.4. The summed E-state index contributed by atoms with van der Waals surface area (Å²) in [5.41, 5.74) is 3.06. The lowest BCUT2D eigenvalue weighted by Gasteiger charge is -2.22. The van der Waals surface area contributed by atoms with Crippen molar-refractivity contribution in [3.63, 3.8) is 0 Å². The van der Waals surface area contributed by atoms with E-state index in [-0.39, 0.29) is 6.79 Å². The molecular formula is C32H32F3N3O2. The van der Waals surface area contributed by atoms with E-state index in [0.29, 0.717) is 25.2 Å². The van der Waals surface area contributed by atoms with Crippen LogP contribution in [0.4, 0.5) is 13.2 Å². The number of unbranched alkanes of at least 4 members (excludes halogenated alkanes) is 1. The van der Waals surface area contributed by atoms with Crippen LogP contribution < -0.4 is 9.47 Å². The highest BCUT2D eigenvalue weighted by Crippen LogP contribution is 2.33. The van der Waals surface area contributed by atoms with Crippen molar-refractivity contribution < 1.29 is 22.6 Å². The summed E-state index contributed by atoms with van der Waals surface area (Å²) >= 11 is 0. The molecule has 0 radical (unpaired) electrons. The summed E-state index contributed by atoms with van der Waals surface area (Å²) in [5.74, 6) is 2.38. The molecule has 1 aliphatic heterocycles. The Morgan fingerprint density at radius 3 is 2.58 bits per heavy atom. The minimum Gasteiger partial charge on any atom is -0.454 e. The molecule has 0 saturated heterocycles. The van der Waals surface area contributed by atoms with E-state index in [2.05, 4.69) is 28.5 Å². The summed E-state index contributed by atoms with van der Waals surface area (Å²) in [7, 11) is 0. The van der Waals surface area contributed by atoms with E-state index in [0.717, 1.165) is 59.6 Å². The zero-order valence-corrected chi connectivity index (χ0v) is 22.4. The maximum atomic E-state index is 13.2. The molecule has 8 heteroatoms. The van der Waals surface area contributed by atoms with Crippen molar-refractivity contribution in [3.8, 4) is 22.9 Å². The number of imidazole rings is 1. The summed E-state index contributed by atoms with van der Waals surface area (Å²) < 4.78 is 52.9. The van der Waals surface area contributed by atoms with Crippen LogP contribution in [0.3, 0.4) is 0 Å². The van der Waals surface area contributed by atoms with Gasteiger partial charge < -0.3 is 14.0 Å². The van der Waals surface area contributed by atoms with E-state index in [4.69, 9.17) is 14.5 Å². The fraction of sp³-hybridized carbons (Fsp3) is 0.281. The molecular weight excluding hydrogens is 515 g/mol. The second-order valence-corrected chi connectivity index (χ2v) is 9.83. The first kappa shape index (κ1) is 27.5. The molecule has 0 amide bonds. The second-order valence-electron chi connectivity index (χ2n) is 9.83. The van der Waals surface area contributed by atoms with Crippen molar-refractivity contribution in [3.05, 3.63) is 107 Å². The lowest BCUT2D eigenvalue weighted by Crippen LogP contribution is -2.24. The predicted molar refractivity (Wildman–Crippen MR) is 150 cm³/mol. The van der Waals surface area contributed by atoms with E-state index in [1.165, 1.54) is 12.1 Å². The third-order valence-corrected chi connectivity index (χ3v) is 6.82. The molecule has 0 N–H and O–H groups in total. The largest absolute Gasteiger partial charge is 0.454 e. The first-order valence-electron chi connectivity index (χ1n) is 13.4. The Labute approximate surface area is 232 Å². The standard InChI is InChI=1S/C32H32F3N3O2/c1-2-3-17-38-28(20-36-31(38)26-11-5-4-6-12-26)22-37(21-25-14-15-29-30(19-25)40-23-39-29)16-8-10-24-9-7-13-27(18-24)32(33,34)35/h4-15,18-20H,2-3,16-17,21-23H2,1H3/b10-8-. The van der Waals surface area contributed by atoms with Gasteiger partial charge in [0.05, 0.1) is 17.5 Å². The Bertz CT molecular complexity index is 1450. The predicted octanol–water partition coefficient (Wildman–Crippen LogP) is 7.81. The van der Waals surface area contributed by atoms with E-state index in [1.807, 2.05) is 48.7 Å². The molecule has 2 heterocycles. The third kappa shape index (κ3) is 6.74. The summed E-state index contributed by atoms with van der Waals surface area (Å²) in [5, 5.41) is 0. The van der Waals surface area contributed by atoms with Gasteiger partial charge in [0.25, 0.3) is 0 Å². The number of nitrogens with zero attached hydrogens (tertiary/aromatic N) is 3. The quantitative estimate of drug-likeness (QED) is 0.192. The van der Waals surface area contributed by atoms with Gasteiger partial charge in [0, 0.05) is 31.7 Å². The van der Waals surface area contributed by atoms with E-state index in [1.54, 1.807) is 12.1 Å². The second kappa shape index (κ2) is 12.4. The van der Waals surface area contributed by atoms with Crippen molar-refractivity contribution >= 4 is 6.08 Å².